The molecule has 27 heavy (non-hydrogen) atoms. The molecule has 1 heterocycles. The normalized spacial score (nSPS) is 29.2. The van der Waals surface area contributed by atoms with Crippen LogP contribution in [0.3, 0.4) is 0 Å². The summed E-state index contributed by atoms with van der Waals surface area (Å²) >= 11 is 7.63. The number of nitrogens with two attached hydrogens (primary N) is 1. The number of carbonyl (C=O) groups excluding carboxylic acids is 1. The number of amides is 1. The molecule has 1 atom stereocenters. The molecule has 0 aromatic rings. The van der Waals surface area contributed by atoms with E-state index in [9.17, 15) is 4.79 Å². The number of aliphatic imine (C=N–C) groups is 2. The molecule has 144 valence electrons. The molecule has 1 aliphatic carbocycles. The molecular formula is C20H25ClN4OS. The number of halogens is 1. The van der Waals surface area contributed by atoms with Crippen LogP contribution in [0.25, 0.3) is 0 Å². The third-order valence-corrected chi connectivity index (χ3v) is 5.55. The van der Waals surface area contributed by atoms with Crippen LogP contribution in [0, 0.1) is 0 Å². The number of rotatable bonds is 5. The fraction of sp³-hybridized carbons (Fsp3) is 0.350. The van der Waals surface area contributed by atoms with E-state index in [1.807, 2.05) is 18.2 Å². The second-order valence-electron chi connectivity index (χ2n) is 6.33. The summed E-state index contributed by atoms with van der Waals surface area (Å²) in [6, 6.07) is 0. The van der Waals surface area contributed by atoms with Gasteiger partial charge in [0.2, 0.25) is 0 Å². The number of nitrogens with one attached hydrogen (secondary N) is 1. The molecule has 7 heteroatoms. The zero-order valence-electron chi connectivity index (χ0n) is 15.7. The quantitative estimate of drug-likeness (QED) is 0.532. The van der Waals surface area contributed by atoms with Crippen LogP contribution in [-0.4, -0.2) is 27.5 Å². The third kappa shape index (κ3) is 5.71. The third-order valence-electron chi connectivity index (χ3n) is 4.46. The summed E-state index contributed by atoms with van der Waals surface area (Å²) in [5.74, 6) is 0.672. The van der Waals surface area contributed by atoms with Crippen LogP contribution < -0.4 is 11.1 Å². The molecule has 1 aliphatic heterocycles. The molecule has 0 aromatic heterocycles. The SMILES string of the molecule is C=CN=C(Cl)/C(=C\C)C(=O)NC1=C/CC/C(C2(C)CCSC(N)=N2)=C/C=C\1. The lowest BCUT2D eigenvalue weighted by Crippen LogP contribution is -2.33. The van der Waals surface area contributed by atoms with Gasteiger partial charge in [0.05, 0.1) is 11.1 Å². The summed E-state index contributed by atoms with van der Waals surface area (Å²) in [5.41, 5.74) is 7.96. The van der Waals surface area contributed by atoms with Crippen molar-refractivity contribution in [1.82, 2.24) is 5.32 Å². The molecule has 0 bridgehead atoms. The lowest BCUT2D eigenvalue weighted by atomic mass is 9.85. The molecule has 0 aromatic carbocycles. The summed E-state index contributed by atoms with van der Waals surface area (Å²) in [4.78, 5) is 21.0. The van der Waals surface area contributed by atoms with Crippen LogP contribution in [0.15, 0.2) is 70.0 Å². The largest absolute Gasteiger partial charge is 0.379 e. The Kier molecular flexibility index (Phi) is 7.68. The Morgan fingerprint density at radius 3 is 3.00 bits per heavy atom. The number of thioether (sulfide) groups is 1. The fourth-order valence-electron chi connectivity index (χ4n) is 2.95. The molecule has 1 amide bonds. The highest BCUT2D eigenvalue weighted by molar-refractivity contribution is 8.13. The van der Waals surface area contributed by atoms with E-state index in [0.29, 0.717) is 10.7 Å². The monoisotopic (exact) mass is 404 g/mol. The van der Waals surface area contributed by atoms with Crippen LogP contribution in [0.5, 0.6) is 0 Å². The lowest BCUT2D eigenvalue weighted by Gasteiger charge is -2.32. The van der Waals surface area contributed by atoms with Gasteiger partial charge in [-0.3, -0.25) is 9.79 Å². The average molecular weight is 405 g/mol. The van der Waals surface area contributed by atoms with Crippen LogP contribution in [-0.2, 0) is 4.79 Å². The second kappa shape index (κ2) is 9.76. The van der Waals surface area contributed by atoms with Crippen molar-refractivity contribution >= 4 is 39.6 Å². The Morgan fingerprint density at radius 2 is 2.33 bits per heavy atom. The van der Waals surface area contributed by atoms with E-state index in [0.717, 1.165) is 30.7 Å². The van der Waals surface area contributed by atoms with Gasteiger partial charge in [0.15, 0.2) is 5.17 Å². The first-order valence-corrected chi connectivity index (χ1v) is 10.1. The molecule has 1 unspecified atom stereocenters. The predicted molar refractivity (Wildman–Crippen MR) is 117 cm³/mol. The van der Waals surface area contributed by atoms with E-state index in [1.165, 1.54) is 11.8 Å². The Hall–Kier alpha value is -2.05. The van der Waals surface area contributed by atoms with E-state index in [4.69, 9.17) is 17.3 Å². The van der Waals surface area contributed by atoms with Crippen molar-refractivity contribution in [2.24, 2.45) is 15.7 Å². The van der Waals surface area contributed by atoms with Crippen molar-refractivity contribution in [1.29, 1.82) is 0 Å². The topological polar surface area (TPSA) is 79.8 Å². The highest BCUT2D eigenvalue weighted by Crippen LogP contribution is 2.35. The molecule has 2 rings (SSSR count). The summed E-state index contributed by atoms with van der Waals surface area (Å²) in [6.45, 7) is 7.36. The fourth-order valence-corrected chi connectivity index (χ4v) is 4.19. The van der Waals surface area contributed by atoms with E-state index in [-0.39, 0.29) is 16.6 Å². The number of hydrogen-bond donors (Lipinski definition) is 2. The summed E-state index contributed by atoms with van der Waals surface area (Å²) in [6.07, 6.45) is 13.4. The molecule has 0 saturated carbocycles. The van der Waals surface area contributed by atoms with E-state index >= 15 is 0 Å². The molecule has 0 radical (unpaired) electrons. The van der Waals surface area contributed by atoms with E-state index in [1.54, 1.807) is 24.8 Å². The van der Waals surface area contributed by atoms with Crippen molar-refractivity contribution in [3.8, 4) is 0 Å². The van der Waals surface area contributed by atoms with Crippen molar-refractivity contribution < 1.29 is 4.79 Å². The minimum atomic E-state index is -0.303. The van der Waals surface area contributed by atoms with Gasteiger partial charge in [-0.15, -0.1) is 0 Å². The lowest BCUT2D eigenvalue weighted by molar-refractivity contribution is -0.116. The molecular weight excluding hydrogens is 380 g/mol. The zero-order valence-corrected chi connectivity index (χ0v) is 17.2. The first-order valence-electron chi connectivity index (χ1n) is 8.78. The standard InChI is InChI=1S/C20H25ClN4OS/c1-4-16(17(21)23-5-2)18(26)24-15-10-6-8-14(9-7-11-15)20(3)12-13-27-19(22)25-20/h4-6,8,10-11H,2,7,9,12-13H2,1,3H3,(H2,22,25)(H,24,26)/b10-6-,14-8-,15-11+,16-4+,23-17?. The van der Waals surface area contributed by atoms with Gasteiger partial charge < -0.3 is 11.1 Å². The average Bonchev–Trinajstić information content (AvgIpc) is 2.57. The zero-order chi connectivity index (χ0) is 19.9. The highest BCUT2D eigenvalue weighted by atomic mass is 35.5. The van der Waals surface area contributed by atoms with Gasteiger partial charge in [0.25, 0.3) is 5.91 Å². The first-order chi connectivity index (χ1) is 12.9. The minimum Gasteiger partial charge on any atom is -0.379 e. The summed E-state index contributed by atoms with van der Waals surface area (Å²) in [7, 11) is 0. The number of nitrogens with zero attached hydrogens (tertiary/aromatic N) is 2. The number of hydrogen-bond acceptors (Lipinski definition) is 5. The molecule has 5 nitrogen and oxygen atoms in total. The van der Waals surface area contributed by atoms with Gasteiger partial charge in [0.1, 0.15) is 5.17 Å². The Morgan fingerprint density at radius 1 is 1.56 bits per heavy atom. The van der Waals surface area contributed by atoms with Gasteiger partial charge in [-0.2, -0.15) is 0 Å². The highest BCUT2D eigenvalue weighted by Gasteiger charge is 2.30. The second-order valence-corrected chi connectivity index (χ2v) is 7.80. The molecule has 0 spiro atoms. The van der Waals surface area contributed by atoms with Gasteiger partial charge >= 0.3 is 0 Å². The minimum absolute atomic E-state index is 0.112. The Bertz CT molecular complexity index is 792. The number of carbonyl (C=O) groups is 1. The number of allylic oxidation sites excluding steroid dienone is 5. The molecule has 2 aliphatic rings. The van der Waals surface area contributed by atoms with Gasteiger partial charge in [-0.05, 0) is 44.8 Å². The van der Waals surface area contributed by atoms with Crippen LogP contribution in [0.1, 0.15) is 33.1 Å². The maximum atomic E-state index is 12.5. The van der Waals surface area contributed by atoms with Crippen molar-refractivity contribution in [3.63, 3.8) is 0 Å². The van der Waals surface area contributed by atoms with Crippen LogP contribution in [0.4, 0.5) is 0 Å². The van der Waals surface area contributed by atoms with E-state index < -0.39 is 0 Å². The molecule has 0 saturated heterocycles. The smallest absolute Gasteiger partial charge is 0.258 e. The van der Waals surface area contributed by atoms with Gasteiger partial charge in [-0.25, -0.2) is 4.99 Å². The van der Waals surface area contributed by atoms with E-state index in [2.05, 4.69) is 34.9 Å². The van der Waals surface area contributed by atoms with Crippen LogP contribution >= 0.6 is 23.4 Å². The first kappa shape index (κ1) is 21.3. The molecule has 0 fully saturated rings. The summed E-state index contributed by atoms with van der Waals surface area (Å²) < 4.78 is 0. The van der Waals surface area contributed by atoms with Crippen molar-refractivity contribution in [2.45, 2.75) is 38.6 Å². The predicted octanol–water partition coefficient (Wildman–Crippen LogP) is 4.20. The Labute approximate surface area is 169 Å². The van der Waals surface area contributed by atoms with Gasteiger partial charge in [-0.1, -0.05) is 54.2 Å². The summed E-state index contributed by atoms with van der Waals surface area (Å²) in [5, 5.41) is 3.64. The van der Waals surface area contributed by atoms with Crippen LogP contribution in [0.2, 0.25) is 0 Å². The maximum absolute atomic E-state index is 12.5. The van der Waals surface area contributed by atoms with Crippen molar-refractivity contribution in [3.05, 3.63) is 60.0 Å². The molecule has 3 N–H and O–H groups in total. The maximum Gasteiger partial charge on any atom is 0.258 e. The van der Waals surface area contributed by atoms with Gasteiger partial charge in [0, 0.05) is 17.6 Å². The Balaban J connectivity index is 2.12. The van der Waals surface area contributed by atoms with Crippen molar-refractivity contribution in [2.75, 3.05) is 5.75 Å². The number of amidine groups is 1.